The highest BCUT2D eigenvalue weighted by atomic mass is 16.5. The van der Waals surface area contributed by atoms with Crippen molar-refractivity contribution in [2.75, 3.05) is 13.2 Å². The van der Waals surface area contributed by atoms with Gasteiger partial charge in [-0.05, 0) is 12.5 Å². The molecule has 0 aromatic heterocycles. The van der Waals surface area contributed by atoms with Crippen molar-refractivity contribution in [3.05, 3.63) is 12.2 Å². The third kappa shape index (κ3) is 1.27. The molecular weight excluding hydrogens is 128 g/mol. The van der Waals surface area contributed by atoms with Gasteiger partial charge >= 0.3 is 0 Å². The average molecular weight is 140 g/mol. The number of hydrogen-bond acceptors (Lipinski definition) is 2. The van der Waals surface area contributed by atoms with Crippen LogP contribution in [0.4, 0.5) is 0 Å². The quantitative estimate of drug-likeness (QED) is 0.434. The van der Waals surface area contributed by atoms with Crippen LogP contribution in [-0.4, -0.2) is 19.5 Å². The highest BCUT2D eigenvalue weighted by Gasteiger charge is 2.33. The van der Waals surface area contributed by atoms with Gasteiger partial charge < -0.3 is 4.74 Å². The van der Waals surface area contributed by atoms with E-state index in [4.69, 9.17) is 4.74 Å². The zero-order chi connectivity index (χ0) is 7.45. The van der Waals surface area contributed by atoms with E-state index in [0.29, 0.717) is 0 Å². The first-order chi connectivity index (χ1) is 4.83. The van der Waals surface area contributed by atoms with Crippen LogP contribution in [0.2, 0.25) is 0 Å². The van der Waals surface area contributed by atoms with Crippen LogP contribution in [0.25, 0.3) is 0 Å². The molecule has 0 aromatic carbocycles. The summed E-state index contributed by atoms with van der Waals surface area (Å²) in [4.78, 5) is 9.98. The summed E-state index contributed by atoms with van der Waals surface area (Å²) < 4.78 is 5.06. The van der Waals surface area contributed by atoms with Gasteiger partial charge in [0.1, 0.15) is 6.29 Å². The van der Waals surface area contributed by atoms with Gasteiger partial charge in [-0.1, -0.05) is 13.0 Å². The minimum absolute atomic E-state index is 0.181. The summed E-state index contributed by atoms with van der Waals surface area (Å²) in [6.07, 6.45) is 5.38. The van der Waals surface area contributed by atoms with Gasteiger partial charge in [-0.15, -0.1) is 0 Å². The lowest BCUT2D eigenvalue weighted by atomic mass is 9.83. The molecular formula is C8H12O2. The van der Waals surface area contributed by atoms with Gasteiger partial charge in [0.25, 0.3) is 0 Å². The van der Waals surface area contributed by atoms with Crippen molar-refractivity contribution < 1.29 is 9.53 Å². The molecule has 0 aromatic rings. The molecule has 10 heavy (non-hydrogen) atoms. The molecule has 2 heteroatoms. The summed E-state index contributed by atoms with van der Waals surface area (Å²) in [5.74, 6) is 0. The number of ether oxygens (including phenoxy) is 1. The predicted molar refractivity (Wildman–Crippen MR) is 38.7 cm³/mol. The van der Waals surface area contributed by atoms with Crippen LogP contribution >= 0.6 is 0 Å². The summed E-state index contributed by atoms with van der Waals surface area (Å²) in [6, 6.07) is 0. The molecule has 0 atom stereocenters. The molecule has 0 N–H and O–H groups in total. The molecule has 1 aliphatic rings. The second-order valence-corrected chi connectivity index (χ2v) is 2.70. The Labute approximate surface area is 60.9 Å². The molecule has 0 bridgehead atoms. The number of rotatable bonds is 3. The maximum absolute atomic E-state index is 9.98. The zero-order valence-corrected chi connectivity index (χ0v) is 6.17. The fourth-order valence-corrected chi connectivity index (χ4v) is 1.03. The van der Waals surface area contributed by atoms with E-state index in [1.54, 1.807) is 6.08 Å². The van der Waals surface area contributed by atoms with E-state index < -0.39 is 0 Å². The van der Waals surface area contributed by atoms with Crippen LogP contribution in [0.15, 0.2) is 12.2 Å². The maximum atomic E-state index is 9.98. The summed E-state index contributed by atoms with van der Waals surface area (Å²) in [7, 11) is 0. The van der Waals surface area contributed by atoms with Crippen molar-refractivity contribution in [1.29, 1.82) is 0 Å². The third-order valence-corrected chi connectivity index (χ3v) is 2.01. The molecule has 1 heterocycles. The molecule has 0 spiro atoms. The van der Waals surface area contributed by atoms with Gasteiger partial charge in [0.15, 0.2) is 0 Å². The van der Waals surface area contributed by atoms with Crippen LogP contribution in [-0.2, 0) is 9.53 Å². The number of carbonyl (C=O) groups excluding carboxylic acids is 1. The van der Waals surface area contributed by atoms with Gasteiger partial charge in [0, 0.05) is 5.41 Å². The molecule has 1 rings (SSSR count). The Morgan fingerprint density at radius 2 is 2.30 bits per heavy atom. The Morgan fingerprint density at radius 3 is 2.60 bits per heavy atom. The van der Waals surface area contributed by atoms with E-state index in [1.807, 2.05) is 6.08 Å². The molecule has 0 amide bonds. The largest absolute Gasteiger partial charge is 0.379 e. The maximum Gasteiger partial charge on any atom is 0.142 e. The van der Waals surface area contributed by atoms with Crippen molar-refractivity contribution in [3.8, 4) is 0 Å². The van der Waals surface area contributed by atoms with E-state index in [1.165, 1.54) is 0 Å². The van der Waals surface area contributed by atoms with Crippen LogP contribution < -0.4 is 0 Å². The minimum Gasteiger partial charge on any atom is -0.379 e. The standard InChI is InChI=1S/C8H12O2/c1-2-8(4-3-5-9)6-10-7-8/h3-5H,2,6-7H2,1H3/b4-3+. The lowest BCUT2D eigenvalue weighted by Crippen LogP contribution is -2.40. The van der Waals surface area contributed by atoms with Gasteiger partial charge in [-0.25, -0.2) is 0 Å². The molecule has 56 valence electrons. The van der Waals surface area contributed by atoms with Crippen molar-refractivity contribution in [2.24, 2.45) is 5.41 Å². The molecule has 2 nitrogen and oxygen atoms in total. The van der Waals surface area contributed by atoms with E-state index in [-0.39, 0.29) is 5.41 Å². The Balaban J connectivity index is 2.47. The second-order valence-electron chi connectivity index (χ2n) is 2.70. The zero-order valence-electron chi connectivity index (χ0n) is 6.17. The molecule has 1 aliphatic heterocycles. The number of aldehydes is 1. The van der Waals surface area contributed by atoms with Crippen molar-refractivity contribution in [3.63, 3.8) is 0 Å². The van der Waals surface area contributed by atoms with E-state index in [0.717, 1.165) is 25.9 Å². The van der Waals surface area contributed by atoms with Gasteiger partial charge in [-0.2, -0.15) is 0 Å². The fourth-order valence-electron chi connectivity index (χ4n) is 1.03. The first-order valence-corrected chi connectivity index (χ1v) is 3.54. The summed E-state index contributed by atoms with van der Waals surface area (Å²) in [5, 5.41) is 0. The Morgan fingerprint density at radius 1 is 1.60 bits per heavy atom. The normalized spacial score (nSPS) is 22.5. The SMILES string of the molecule is CCC1(/C=C/C=O)COC1. The lowest BCUT2D eigenvalue weighted by Gasteiger charge is -2.37. The number of allylic oxidation sites excluding steroid dienone is 1. The van der Waals surface area contributed by atoms with E-state index >= 15 is 0 Å². The van der Waals surface area contributed by atoms with E-state index in [9.17, 15) is 4.79 Å². The molecule has 0 aliphatic carbocycles. The van der Waals surface area contributed by atoms with Crippen LogP contribution in [0.3, 0.4) is 0 Å². The summed E-state index contributed by atoms with van der Waals surface area (Å²) in [5.41, 5.74) is 0.181. The van der Waals surface area contributed by atoms with Gasteiger partial charge in [0.2, 0.25) is 0 Å². The average Bonchev–Trinajstić information content (AvgIpc) is 1.87. The first-order valence-electron chi connectivity index (χ1n) is 3.54. The van der Waals surface area contributed by atoms with Gasteiger partial charge in [0.05, 0.1) is 13.2 Å². The van der Waals surface area contributed by atoms with Crippen molar-refractivity contribution in [2.45, 2.75) is 13.3 Å². The number of carbonyl (C=O) groups is 1. The Bertz CT molecular complexity index is 140. The van der Waals surface area contributed by atoms with E-state index in [2.05, 4.69) is 6.92 Å². The third-order valence-electron chi connectivity index (χ3n) is 2.01. The monoisotopic (exact) mass is 140 g/mol. The summed E-state index contributed by atoms with van der Waals surface area (Å²) in [6.45, 7) is 3.65. The Hall–Kier alpha value is -0.630. The van der Waals surface area contributed by atoms with Crippen LogP contribution in [0.5, 0.6) is 0 Å². The predicted octanol–water partition coefficient (Wildman–Crippen LogP) is 1.17. The van der Waals surface area contributed by atoms with Crippen LogP contribution in [0.1, 0.15) is 13.3 Å². The highest BCUT2D eigenvalue weighted by Crippen LogP contribution is 2.32. The van der Waals surface area contributed by atoms with Gasteiger partial charge in [-0.3, -0.25) is 4.79 Å². The van der Waals surface area contributed by atoms with Crippen molar-refractivity contribution in [1.82, 2.24) is 0 Å². The topological polar surface area (TPSA) is 26.3 Å². The Kier molecular flexibility index (Phi) is 2.22. The second kappa shape index (κ2) is 2.97. The summed E-state index contributed by atoms with van der Waals surface area (Å²) >= 11 is 0. The molecule has 0 saturated carbocycles. The molecule has 0 unspecified atom stereocenters. The molecule has 0 radical (unpaired) electrons. The minimum atomic E-state index is 0.181. The highest BCUT2D eigenvalue weighted by molar-refractivity contribution is 5.64. The molecule has 1 saturated heterocycles. The van der Waals surface area contributed by atoms with Crippen LogP contribution in [0, 0.1) is 5.41 Å². The van der Waals surface area contributed by atoms with Crippen molar-refractivity contribution >= 4 is 6.29 Å². The molecule has 1 fully saturated rings. The first kappa shape index (κ1) is 7.48. The smallest absolute Gasteiger partial charge is 0.142 e. The lowest BCUT2D eigenvalue weighted by molar-refractivity contribution is -0.104. The fraction of sp³-hybridized carbons (Fsp3) is 0.625. The number of hydrogen-bond donors (Lipinski definition) is 0.